The number of para-hydroxylation sites is 3. The van der Waals surface area contributed by atoms with Crippen molar-refractivity contribution in [3.05, 3.63) is 343 Å². The zero-order valence-corrected chi connectivity index (χ0v) is 47.3. The van der Waals surface area contributed by atoms with Crippen molar-refractivity contribution < 1.29 is 0 Å². The van der Waals surface area contributed by atoms with Gasteiger partial charge in [-0.2, -0.15) is 0 Å². The molecule has 1 spiro atoms. The van der Waals surface area contributed by atoms with Crippen LogP contribution >= 0.6 is 0 Å². The molecular weight excluding hydrogens is 1030 g/mol. The van der Waals surface area contributed by atoms with Gasteiger partial charge in [-0.1, -0.05) is 226 Å². The van der Waals surface area contributed by atoms with E-state index in [1.807, 2.05) is 0 Å². The third-order valence-electron chi connectivity index (χ3n) is 18.8. The average Bonchev–Trinajstić information content (AvgIpc) is 1.54. The minimum atomic E-state index is -0.582. The summed E-state index contributed by atoms with van der Waals surface area (Å²) < 4.78 is 2.47. The fraction of sp³-hybridized carbons (Fsp3) is 0.0488. The Labute approximate surface area is 496 Å². The predicted octanol–water partition coefficient (Wildman–Crippen LogP) is 21.7. The summed E-state index contributed by atoms with van der Waals surface area (Å²) in [7, 11) is 0. The molecule has 400 valence electrons. The molecule has 3 nitrogen and oxygen atoms in total. The molecule has 3 aliphatic carbocycles. The zero-order valence-electron chi connectivity index (χ0n) is 47.3. The number of benzene rings is 13. The van der Waals surface area contributed by atoms with Gasteiger partial charge >= 0.3 is 0 Å². The van der Waals surface area contributed by atoms with Crippen LogP contribution in [0.2, 0.25) is 0 Å². The van der Waals surface area contributed by atoms with Gasteiger partial charge in [0.15, 0.2) is 0 Å². The van der Waals surface area contributed by atoms with Crippen molar-refractivity contribution in [2.75, 3.05) is 9.80 Å². The first-order chi connectivity index (χ1) is 41.9. The van der Waals surface area contributed by atoms with Crippen molar-refractivity contribution in [3.63, 3.8) is 0 Å². The number of nitrogens with zero attached hydrogens (tertiary/aromatic N) is 3. The van der Waals surface area contributed by atoms with Crippen LogP contribution in [-0.2, 0) is 10.8 Å². The van der Waals surface area contributed by atoms with Crippen LogP contribution in [0.3, 0.4) is 0 Å². The third kappa shape index (κ3) is 7.27. The fourth-order valence-corrected chi connectivity index (χ4v) is 15.0. The third-order valence-corrected chi connectivity index (χ3v) is 18.8. The molecule has 1 atom stereocenters. The molecule has 3 aliphatic rings. The van der Waals surface area contributed by atoms with Crippen LogP contribution in [0.1, 0.15) is 47.2 Å². The first-order valence-electron chi connectivity index (χ1n) is 29.7. The van der Waals surface area contributed by atoms with Crippen molar-refractivity contribution >= 4 is 55.9 Å². The molecule has 0 radical (unpaired) electrons. The molecule has 14 aromatic rings. The van der Waals surface area contributed by atoms with E-state index in [1.165, 1.54) is 111 Å². The summed E-state index contributed by atoms with van der Waals surface area (Å²) in [5.41, 5.74) is 29.8. The quantitative estimate of drug-likeness (QED) is 0.143. The van der Waals surface area contributed by atoms with Crippen molar-refractivity contribution in [2.24, 2.45) is 0 Å². The first kappa shape index (κ1) is 48.9. The summed E-state index contributed by atoms with van der Waals surface area (Å²) in [6.45, 7) is 4.81. The van der Waals surface area contributed by atoms with Gasteiger partial charge in [0.05, 0.1) is 16.4 Å². The van der Waals surface area contributed by atoms with E-state index in [2.05, 4.69) is 338 Å². The molecule has 0 saturated carbocycles. The van der Waals surface area contributed by atoms with E-state index in [4.69, 9.17) is 0 Å². The summed E-state index contributed by atoms with van der Waals surface area (Å²) in [6, 6.07) is 115. The molecule has 3 heteroatoms. The van der Waals surface area contributed by atoms with Gasteiger partial charge < -0.3 is 14.4 Å². The normalized spacial score (nSPS) is 14.6. The highest BCUT2D eigenvalue weighted by Gasteiger charge is 2.52. The largest absolute Gasteiger partial charge is 0.310 e. The van der Waals surface area contributed by atoms with Crippen LogP contribution in [0.15, 0.2) is 309 Å². The molecule has 1 unspecified atom stereocenters. The Morgan fingerprint density at radius 2 is 0.671 bits per heavy atom. The average molecular weight is 1080 g/mol. The minimum Gasteiger partial charge on any atom is -0.310 e. The van der Waals surface area contributed by atoms with E-state index in [0.717, 1.165) is 39.8 Å². The van der Waals surface area contributed by atoms with Crippen molar-refractivity contribution in [1.82, 2.24) is 4.57 Å². The van der Waals surface area contributed by atoms with Gasteiger partial charge in [-0.05, 0) is 186 Å². The monoisotopic (exact) mass is 1080 g/mol. The van der Waals surface area contributed by atoms with Crippen LogP contribution in [0.5, 0.6) is 0 Å². The number of rotatable bonds is 9. The predicted molar refractivity (Wildman–Crippen MR) is 355 cm³/mol. The van der Waals surface area contributed by atoms with Gasteiger partial charge in [-0.25, -0.2) is 0 Å². The van der Waals surface area contributed by atoms with Crippen LogP contribution in [0.4, 0.5) is 34.1 Å². The molecule has 0 saturated heterocycles. The maximum Gasteiger partial charge on any atom is 0.0726 e. The Hall–Kier alpha value is -10.7. The minimum absolute atomic E-state index is 0.306. The second-order valence-electron chi connectivity index (χ2n) is 23.6. The molecular formula is C82H57N3. The smallest absolute Gasteiger partial charge is 0.0726 e. The highest BCUT2D eigenvalue weighted by molar-refractivity contribution is 6.19. The molecule has 85 heavy (non-hydrogen) atoms. The summed E-state index contributed by atoms with van der Waals surface area (Å²) >= 11 is 0. The second kappa shape index (κ2) is 18.9. The number of aromatic nitrogens is 1. The molecule has 17 rings (SSSR count). The topological polar surface area (TPSA) is 11.4 Å². The van der Waals surface area contributed by atoms with Crippen LogP contribution < -0.4 is 9.80 Å². The van der Waals surface area contributed by atoms with Crippen molar-refractivity contribution in [2.45, 2.75) is 24.7 Å². The van der Waals surface area contributed by atoms with E-state index < -0.39 is 5.41 Å². The highest BCUT2D eigenvalue weighted by Crippen LogP contribution is 2.65. The Morgan fingerprint density at radius 3 is 1.25 bits per heavy atom. The van der Waals surface area contributed by atoms with Gasteiger partial charge in [-0.3, -0.25) is 0 Å². The molecule has 13 aromatic carbocycles. The van der Waals surface area contributed by atoms with Gasteiger partial charge in [0.1, 0.15) is 0 Å². The number of hydrogen-bond donors (Lipinski definition) is 0. The Balaban J connectivity index is 0.804. The van der Waals surface area contributed by atoms with Gasteiger partial charge in [0.2, 0.25) is 0 Å². The lowest BCUT2D eigenvalue weighted by Crippen LogP contribution is -2.26. The highest BCUT2D eigenvalue weighted by atomic mass is 15.1. The summed E-state index contributed by atoms with van der Waals surface area (Å²) in [5.74, 6) is 0. The van der Waals surface area contributed by atoms with E-state index in [9.17, 15) is 0 Å². The van der Waals surface area contributed by atoms with E-state index in [1.54, 1.807) is 0 Å². The Morgan fingerprint density at radius 1 is 0.271 bits per heavy atom. The number of fused-ring (bicyclic) bond motifs is 17. The SMILES string of the molecule is CC1(C)c2cc(N(c3ccccc3)c3ccc(-c4ccccc4)cc3)ccc2-c2ccc(N(c3ccccc3)c3ccc4c(c3)C3(c5ccccc5-4)c4ccccc4-c4c3ccc3c4c4ccccc4n3-c3ccc(-c4ccccc4)cc3)cc21. The van der Waals surface area contributed by atoms with E-state index >= 15 is 0 Å². The van der Waals surface area contributed by atoms with Gasteiger partial charge in [-0.15, -0.1) is 0 Å². The van der Waals surface area contributed by atoms with Crippen LogP contribution in [0.25, 0.3) is 83.1 Å². The molecule has 0 amide bonds. The fourth-order valence-electron chi connectivity index (χ4n) is 15.0. The molecule has 0 N–H and O–H groups in total. The maximum absolute atomic E-state index is 2.53. The van der Waals surface area contributed by atoms with E-state index in [-0.39, 0.29) is 5.41 Å². The van der Waals surface area contributed by atoms with Crippen molar-refractivity contribution in [3.8, 4) is 61.3 Å². The molecule has 1 aromatic heterocycles. The molecule has 1 heterocycles. The molecule has 0 fully saturated rings. The summed E-state index contributed by atoms with van der Waals surface area (Å²) in [4.78, 5) is 4.88. The van der Waals surface area contributed by atoms with Crippen molar-refractivity contribution in [1.29, 1.82) is 0 Å². The van der Waals surface area contributed by atoms with Crippen LogP contribution in [-0.4, -0.2) is 4.57 Å². The van der Waals surface area contributed by atoms with E-state index in [0.29, 0.717) is 0 Å². The van der Waals surface area contributed by atoms with Gasteiger partial charge in [0.25, 0.3) is 0 Å². The lowest BCUT2D eigenvalue weighted by Gasteiger charge is -2.32. The number of anilines is 6. The lowest BCUT2D eigenvalue weighted by atomic mass is 9.70. The molecule has 0 aliphatic heterocycles. The Bertz CT molecular complexity index is 4950. The number of hydrogen-bond acceptors (Lipinski definition) is 2. The maximum atomic E-state index is 2.53. The summed E-state index contributed by atoms with van der Waals surface area (Å²) in [5, 5.41) is 2.54. The van der Waals surface area contributed by atoms with Gasteiger partial charge in [0, 0.05) is 56.0 Å². The zero-order chi connectivity index (χ0) is 56.4. The standard InChI is InChI=1S/C82H57N3/c1-81(2)74-51-62(83(58-25-11-5-12-26-58)60-39-35-56(36-40-60)54-21-7-3-8-22-54)43-46-66(74)67-47-44-63(52-75(67)81)84(59-27-13-6-14-28-59)64-45-48-68-65-29-15-18-32-71(65)82(76(68)53-64)72-33-19-16-30-69(72)79-73(82)49-50-78-80(79)70-31-17-20-34-77(70)85(78)61-41-37-57(38-42-61)55-23-9-4-10-24-55/h3-53H,1-2H3. The first-order valence-corrected chi connectivity index (χ1v) is 29.7. The summed E-state index contributed by atoms with van der Waals surface area (Å²) in [6.07, 6.45) is 0. The second-order valence-corrected chi connectivity index (χ2v) is 23.6. The lowest BCUT2D eigenvalue weighted by molar-refractivity contribution is 0.660. The molecule has 0 bridgehead atoms. The van der Waals surface area contributed by atoms with Crippen LogP contribution in [0, 0.1) is 0 Å². The Kier molecular flexibility index (Phi) is 10.9.